The minimum atomic E-state index is -1.03. The molecule has 6 nitrogen and oxygen atoms in total. The van der Waals surface area contributed by atoms with E-state index >= 15 is 0 Å². The Hall–Kier alpha value is -3.66. The van der Waals surface area contributed by atoms with Gasteiger partial charge in [-0.3, -0.25) is 17.4 Å². The molecule has 0 fully saturated rings. The average molecular weight is 553 g/mol. The molecule has 4 heterocycles. The van der Waals surface area contributed by atoms with Gasteiger partial charge < -0.3 is 9.05 Å². The highest BCUT2D eigenvalue weighted by Gasteiger charge is 2.17. The van der Waals surface area contributed by atoms with Gasteiger partial charge in [-0.25, -0.2) is 0 Å². The second-order valence-corrected chi connectivity index (χ2v) is 12.3. The number of hydrogen-bond donors (Lipinski definition) is 0. The zero-order valence-corrected chi connectivity index (χ0v) is 23.3. The fraction of sp³-hybridized carbons (Fsp3) is 0.0968. The van der Waals surface area contributed by atoms with Crippen molar-refractivity contribution >= 4 is 16.9 Å². The Morgan fingerprint density at radius 2 is 0.821 bits per heavy atom. The average Bonchev–Trinajstić information content (AvgIpc) is 3.81. The van der Waals surface area contributed by atoms with Crippen molar-refractivity contribution < 1.29 is 9.05 Å². The zero-order valence-electron chi connectivity index (χ0n) is 21.5. The van der Waals surface area contributed by atoms with E-state index < -0.39 is 16.9 Å². The highest BCUT2D eigenvalue weighted by atomic mass is 31.2. The fourth-order valence-corrected chi connectivity index (χ4v) is 7.59. The van der Waals surface area contributed by atoms with Crippen LogP contribution in [0.4, 0.5) is 0 Å². The van der Waals surface area contributed by atoms with Crippen molar-refractivity contribution in [3.05, 3.63) is 158 Å². The van der Waals surface area contributed by atoms with Gasteiger partial charge in [-0.2, -0.15) is 0 Å². The molecule has 0 N–H and O–H groups in total. The molecule has 0 amide bonds. The van der Waals surface area contributed by atoms with E-state index in [-0.39, 0.29) is 0 Å². The molecule has 0 aliphatic heterocycles. The molecular formula is C31H30N4O2P2. The summed E-state index contributed by atoms with van der Waals surface area (Å²) >= 11 is 0. The molecule has 39 heavy (non-hydrogen) atoms. The lowest BCUT2D eigenvalue weighted by atomic mass is 9.94. The summed E-state index contributed by atoms with van der Waals surface area (Å²) in [5.74, 6) is 0. The Labute approximate surface area is 231 Å². The minimum Gasteiger partial charge on any atom is -0.322 e. The van der Waals surface area contributed by atoms with Gasteiger partial charge in [0, 0.05) is 49.6 Å². The van der Waals surface area contributed by atoms with Gasteiger partial charge in [0.1, 0.15) is 0 Å². The van der Waals surface area contributed by atoms with Crippen molar-refractivity contribution in [3.8, 4) is 11.1 Å². The highest BCUT2D eigenvalue weighted by Crippen LogP contribution is 2.43. The van der Waals surface area contributed by atoms with E-state index in [1.54, 1.807) is 0 Å². The van der Waals surface area contributed by atoms with Crippen LogP contribution in [-0.2, 0) is 22.1 Å². The van der Waals surface area contributed by atoms with Gasteiger partial charge in [0.15, 0.2) is 0 Å². The van der Waals surface area contributed by atoms with Crippen molar-refractivity contribution in [3.63, 3.8) is 0 Å². The van der Waals surface area contributed by atoms with Gasteiger partial charge in [0.2, 0.25) is 0 Å². The first-order valence-corrected chi connectivity index (χ1v) is 15.3. The topological polar surface area (TPSA) is 38.2 Å². The molecule has 0 atom stereocenters. The molecule has 0 spiro atoms. The summed E-state index contributed by atoms with van der Waals surface area (Å²) in [5.41, 5.74) is 4.84. The van der Waals surface area contributed by atoms with Crippen LogP contribution in [-0.4, -0.2) is 24.0 Å². The first-order valence-electron chi connectivity index (χ1n) is 12.9. The third-order valence-electron chi connectivity index (χ3n) is 6.38. The largest absolute Gasteiger partial charge is 0.322 e. The molecule has 0 aliphatic rings. The molecule has 6 rings (SSSR count). The van der Waals surface area contributed by atoms with E-state index in [4.69, 9.17) is 9.05 Å². The van der Waals surface area contributed by atoms with Crippen LogP contribution >= 0.6 is 16.9 Å². The van der Waals surface area contributed by atoms with Crippen LogP contribution in [0.2, 0.25) is 0 Å². The van der Waals surface area contributed by atoms with E-state index in [2.05, 4.69) is 115 Å². The van der Waals surface area contributed by atoms with Crippen LogP contribution in [0.25, 0.3) is 11.1 Å². The summed E-state index contributed by atoms with van der Waals surface area (Å²) in [5, 5.41) is 0. The van der Waals surface area contributed by atoms with E-state index in [0.717, 1.165) is 6.42 Å². The first-order chi connectivity index (χ1) is 19.4. The molecule has 0 bridgehead atoms. The third-order valence-corrected chi connectivity index (χ3v) is 9.80. The molecule has 0 aliphatic carbocycles. The van der Waals surface area contributed by atoms with Crippen LogP contribution in [0.15, 0.2) is 147 Å². The van der Waals surface area contributed by atoms with Gasteiger partial charge in [0.25, 0.3) is 16.9 Å². The van der Waals surface area contributed by atoms with Gasteiger partial charge in [0.05, 0.1) is 13.2 Å². The Morgan fingerprint density at radius 1 is 0.436 bits per heavy atom. The lowest BCUT2D eigenvalue weighted by Crippen LogP contribution is -2.05. The molecule has 0 radical (unpaired) electrons. The lowest BCUT2D eigenvalue weighted by Gasteiger charge is -2.21. The highest BCUT2D eigenvalue weighted by molar-refractivity contribution is 7.49. The number of rotatable bonds is 12. The lowest BCUT2D eigenvalue weighted by molar-refractivity contribution is 0.332. The maximum absolute atomic E-state index is 6.58. The van der Waals surface area contributed by atoms with E-state index in [0.29, 0.717) is 13.2 Å². The van der Waals surface area contributed by atoms with E-state index in [9.17, 15) is 0 Å². The third kappa shape index (κ3) is 6.00. The maximum atomic E-state index is 6.58. The summed E-state index contributed by atoms with van der Waals surface area (Å²) in [7, 11) is -2.01. The molecule has 2 aromatic carbocycles. The second kappa shape index (κ2) is 12.5. The predicted molar refractivity (Wildman–Crippen MR) is 159 cm³/mol. The standard InChI is InChI=1S/C31H30N4O2P2/c1-3-15-30(28(13-1)17-26-36-38(32-18-5-6-19-32)33-20-7-8-21-33)31-16-4-2-14-29(31)27-37-39(34-22-9-10-23-34)35-24-11-12-25-35/h1-16,18-25H,17,26-27H2. The van der Waals surface area contributed by atoms with Crippen LogP contribution in [0.1, 0.15) is 11.1 Å². The monoisotopic (exact) mass is 552 g/mol. The number of benzene rings is 2. The smallest absolute Gasteiger partial charge is 0.256 e. The van der Waals surface area contributed by atoms with Crippen molar-refractivity contribution in [2.24, 2.45) is 0 Å². The normalized spacial score (nSPS) is 11.5. The van der Waals surface area contributed by atoms with Crippen molar-refractivity contribution in [1.82, 2.24) is 17.4 Å². The minimum absolute atomic E-state index is 0.510. The Balaban J connectivity index is 1.20. The SMILES string of the molecule is c1ccc(-c2ccccc2COP(n2cccc2)n2cccc2)c(CCOP(n2cccc2)n2cccc2)c1. The summed E-state index contributed by atoms with van der Waals surface area (Å²) < 4.78 is 21.6. The Morgan fingerprint density at radius 3 is 1.31 bits per heavy atom. The molecule has 196 valence electrons. The summed E-state index contributed by atoms with van der Waals surface area (Å²) in [6.45, 7) is 1.12. The predicted octanol–water partition coefficient (Wildman–Crippen LogP) is 8.28. The molecule has 0 saturated carbocycles. The molecule has 0 saturated heterocycles. The number of nitrogens with zero attached hydrogens (tertiary/aromatic N) is 4. The first kappa shape index (κ1) is 25.6. The maximum Gasteiger partial charge on any atom is 0.256 e. The molecular weight excluding hydrogens is 522 g/mol. The van der Waals surface area contributed by atoms with Gasteiger partial charge in [-0.1, -0.05) is 48.5 Å². The van der Waals surface area contributed by atoms with Crippen molar-refractivity contribution in [1.29, 1.82) is 0 Å². The van der Waals surface area contributed by atoms with Crippen molar-refractivity contribution in [2.45, 2.75) is 13.0 Å². The van der Waals surface area contributed by atoms with Crippen LogP contribution in [0.5, 0.6) is 0 Å². The second-order valence-electron chi connectivity index (χ2n) is 8.93. The molecule has 4 aromatic heterocycles. The van der Waals surface area contributed by atoms with E-state index in [1.807, 2.05) is 48.5 Å². The van der Waals surface area contributed by atoms with Gasteiger partial charge in [-0.15, -0.1) is 0 Å². The molecule has 6 aromatic rings. The molecule has 0 unspecified atom stereocenters. The van der Waals surface area contributed by atoms with Gasteiger partial charge >= 0.3 is 0 Å². The Kier molecular flexibility index (Phi) is 8.18. The number of hydrogen-bond acceptors (Lipinski definition) is 2. The quantitative estimate of drug-likeness (QED) is 0.143. The van der Waals surface area contributed by atoms with Crippen LogP contribution < -0.4 is 0 Å². The summed E-state index contributed by atoms with van der Waals surface area (Å²) in [6, 6.07) is 33.5. The van der Waals surface area contributed by atoms with Gasteiger partial charge in [-0.05, 0) is 77.2 Å². The van der Waals surface area contributed by atoms with Crippen LogP contribution in [0.3, 0.4) is 0 Å². The fourth-order valence-electron chi connectivity index (χ4n) is 4.54. The van der Waals surface area contributed by atoms with Crippen molar-refractivity contribution in [2.75, 3.05) is 6.61 Å². The zero-order chi connectivity index (χ0) is 26.3. The van der Waals surface area contributed by atoms with Crippen LogP contribution in [0, 0.1) is 0 Å². The molecule has 8 heteroatoms. The Bertz CT molecular complexity index is 1480. The van der Waals surface area contributed by atoms with E-state index in [1.165, 1.54) is 22.3 Å². The summed E-state index contributed by atoms with van der Waals surface area (Å²) in [4.78, 5) is 0. The summed E-state index contributed by atoms with van der Waals surface area (Å²) in [6.07, 6.45) is 17.3. The number of aromatic nitrogens is 4.